The van der Waals surface area contributed by atoms with Crippen molar-refractivity contribution in [2.75, 3.05) is 17.2 Å². The molecule has 0 heterocycles. The van der Waals surface area contributed by atoms with Gasteiger partial charge in [-0.25, -0.2) is 4.79 Å². The Balaban J connectivity index is 1.92. The number of para-hydroxylation sites is 1. The number of carbonyl (C=O) groups is 2. The molecule has 3 aromatic carbocycles. The van der Waals surface area contributed by atoms with Crippen molar-refractivity contribution in [3.05, 3.63) is 95.1 Å². The van der Waals surface area contributed by atoms with Gasteiger partial charge in [0.15, 0.2) is 0 Å². The molecular formula is C26H24N2O3. The molecule has 5 heteroatoms. The number of amides is 1. The van der Waals surface area contributed by atoms with Crippen LogP contribution in [0.25, 0.3) is 0 Å². The summed E-state index contributed by atoms with van der Waals surface area (Å²) in [4.78, 5) is 24.5. The van der Waals surface area contributed by atoms with Gasteiger partial charge in [-0.05, 0) is 48.9 Å². The highest BCUT2D eigenvalue weighted by Crippen LogP contribution is 2.22. The van der Waals surface area contributed by atoms with Crippen LogP contribution >= 0.6 is 0 Å². The summed E-state index contributed by atoms with van der Waals surface area (Å²) in [5.41, 5.74) is 2.97. The molecule has 0 aliphatic rings. The number of hydrogen-bond donors (Lipinski definition) is 3. The topological polar surface area (TPSA) is 78.4 Å². The Morgan fingerprint density at radius 2 is 1.55 bits per heavy atom. The van der Waals surface area contributed by atoms with Crippen LogP contribution in [0.15, 0.2) is 72.8 Å². The first kappa shape index (κ1) is 21.7. The van der Waals surface area contributed by atoms with E-state index in [4.69, 9.17) is 0 Å². The Morgan fingerprint density at radius 1 is 0.839 bits per heavy atom. The summed E-state index contributed by atoms with van der Waals surface area (Å²) >= 11 is 0. The van der Waals surface area contributed by atoms with Crippen LogP contribution in [0.4, 0.5) is 11.4 Å². The first-order chi connectivity index (χ1) is 15.1. The number of benzene rings is 3. The Hall–Kier alpha value is -4.04. The van der Waals surface area contributed by atoms with Crippen molar-refractivity contribution in [1.82, 2.24) is 0 Å². The molecule has 0 fully saturated rings. The molecule has 0 saturated heterocycles. The zero-order chi connectivity index (χ0) is 22.1. The molecule has 0 aromatic heterocycles. The molecule has 0 aliphatic heterocycles. The van der Waals surface area contributed by atoms with Crippen molar-refractivity contribution in [1.29, 1.82) is 0 Å². The van der Waals surface area contributed by atoms with Crippen molar-refractivity contribution in [2.24, 2.45) is 0 Å². The van der Waals surface area contributed by atoms with Gasteiger partial charge in [0, 0.05) is 23.4 Å². The summed E-state index contributed by atoms with van der Waals surface area (Å²) in [6.45, 7) is 2.83. The minimum Gasteiger partial charge on any atom is -0.478 e. The number of aromatic carboxylic acids is 1. The third-order valence-electron chi connectivity index (χ3n) is 4.64. The highest BCUT2D eigenvalue weighted by atomic mass is 16.4. The molecule has 0 radical (unpaired) electrons. The fraction of sp³-hybridized carbons (Fsp3) is 0.154. The van der Waals surface area contributed by atoms with E-state index >= 15 is 0 Å². The second-order valence-corrected chi connectivity index (χ2v) is 6.96. The number of unbranched alkanes of at least 4 members (excludes halogenated alkanes) is 1. The van der Waals surface area contributed by atoms with Gasteiger partial charge in [0.2, 0.25) is 0 Å². The molecule has 0 spiro atoms. The normalized spacial score (nSPS) is 9.97. The van der Waals surface area contributed by atoms with Crippen LogP contribution in [-0.2, 0) is 0 Å². The van der Waals surface area contributed by atoms with Crippen LogP contribution in [0.3, 0.4) is 0 Å². The van der Waals surface area contributed by atoms with Crippen LogP contribution < -0.4 is 10.6 Å². The Bertz CT molecular complexity index is 1130. The van der Waals surface area contributed by atoms with Crippen molar-refractivity contribution in [3.8, 4) is 11.8 Å². The predicted molar refractivity (Wildman–Crippen MR) is 124 cm³/mol. The first-order valence-electron chi connectivity index (χ1n) is 10.2. The van der Waals surface area contributed by atoms with E-state index in [1.54, 1.807) is 24.3 Å². The van der Waals surface area contributed by atoms with Gasteiger partial charge in [0.05, 0.1) is 16.8 Å². The number of carboxylic acid groups (broad SMARTS) is 1. The van der Waals surface area contributed by atoms with E-state index in [1.807, 2.05) is 42.5 Å². The molecule has 3 N–H and O–H groups in total. The lowest BCUT2D eigenvalue weighted by Crippen LogP contribution is -2.17. The fourth-order valence-corrected chi connectivity index (χ4v) is 3.00. The minimum absolute atomic E-state index is 0.0383. The molecule has 3 aromatic rings. The van der Waals surface area contributed by atoms with Gasteiger partial charge in [-0.1, -0.05) is 55.5 Å². The highest BCUT2D eigenvalue weighted by molar-refractivity contribution is 6.10. The molecule has 0 saturated carbocycles. The molecule has 3 rings (SSSR count). The summed E-state index contributed by atoms with van der Waals surface area (Å²) in [7, 11) is 0. The Kier molecular flexibility index (Phi) is 7.45. The van der Waals surface area contributed by atoms with Crippen molar-refractivity contribution in [3.63, 3.8) is 0 Å². The van der Waals surface area contributed by atoms with Crippen LogP contribution in [-0.4, -0.2) is 23.5 Å². The van der Waals surface area contributed by atoms with Crippen LogP contribution in [0.5, 0.6) is 0 Å². The lowest BCUT2D eigenvalue weighted by Gasteiger charge is -2.14. The maximum absolute atomic E-state index is 13.1. The molecule has 0 bridgehead atoms. The number of anilines is 2. The number of hydrogen-bond acceptors (Lipinski definition) is 3. The third-order valence-corrected chi connectivity index (χ3v) is 4.64. The van der Waals surface area contributed by atoms with Gasteiger partial charge in [-0.15, -0.1) is 0 Å². The molecule has 0 unspecified atom stereocenters. The van der Waals surface area contributed by atoms with E-state index in [1.165, 1.54) is 6.07 Å². The van der Waals surface area contributed by atoms with Crippen LogP contribution in [0.1, 0.15) is 51.6 Å². The zero-order valence-electron chi connectivity index (χ0n) is 17.3. The first-order valence-corrected chi connectivity index (χ1v) is 10.2. The van der Waals surface area contributed by atoms with E-state index in [-0.39, 0.29) is 11.3 Å². The number of carbonyl (C=O) groups excluding carboxylic acids is 1. The lowest BCUT2D eigenvalue weighted by molar-refractivity contribution is 0.0698. The molecule has 156 valence electrons. The summed E-state index contributed by atoms with van der Waals surface area (Å²) in [6, 6.07) is 21.4. The average molecular weight is 412 g/mol. The number of rotatable bonds is 7. The predicted octanol–water partition coefficient (Wildman–Crippen LogP) is 5.25. The van der Waals surface area contributed by atoms with E-state index in [2.05, 4.69) is 29.4 Å². The highest BCUT2D eigenvalue weighted by Gasteiger charge is 2.16. The summed E-state index contributed by atoms with van der Waals surface area (Å²) in [6.07, 6.45) is 2.00. The fourth-order valence-electron chi connectivity index (χ4n) is 3.00. The van der Waals surface area contributed by atoms with Gasteiger partial charge in [0.25, 0.3) is 5.91 Å². The van der Waals surface area contributed by atoms with Crippen LogP contribution in [0.2, 0.25) is 0 Å². The Labute approximate surface area is 182 Å². The van der Waals surface area contributed by atoms with E-state index in [0.29, 0.717) is 16.8 Å². The zero-order valence-corrected chi connectivity index (χ0v) is 17.3. The molecule has 0 atom stereocenters. The molecule has 1 amide bonds. The number of carboxylic acids is 1. The molecule has 31 heavy (non-hydrogen) atoms. The van der Waals surface area contributed by atoms with Crippen LogP contribution in [0, 0.1) is 11.8 Å². The van der Waals surface area contributed by atoms with Gasteiger partial charge in [-0.2, -0.15) is 0 Å². The lowest BCUT2D eigenvalue weighted by atomic mass is 10.1. The summed E-state index contributed by atoms with van der Waals surface area (Å²) in [5.74, 6) is 4.69. The maximum Gasteiger partial charge on any atom is 0.337 e. The largest absolute Gasteiger partial charge is 0.478 e. The summed E-state index contributed by atoms with van der Waals surface area (Å²) < 4.78 is 0. The van der Waals surface area contributed by atoms with Crippen molar-refractivity contribution in [2.45, 2.75) is 19.8 Å². The number of nitrogens with one attached hydrogen (secondary N) is 2. The SMILES string of the molecule is CCCCNc1ccc(C#Cc2ccccc2)cc1C(=O)Nc1ccccc1C(=O)O. The smallest absolute Gasteiger partial charge is 0.337 e. The van der Waals surface area contributed by atoms with E-state index in [9.17, 15) is 14.7 Å². The Morgan fingerprint density at radius 3 is 2.29 bits per heavy atom. The monoisotopic (exact) mass is 412 g/mol. The van der Waals surface area contributed by atoms with E-state index in [0.717, 1.165) is 24.9 Å². The van der Waals surface area contributed by atoms with Crippen molar-refractivity contribution >= 4 is 23.3 Å². The minimum atomic E-state index is -1.10. The third kappa shape index (κ3) is 5.97. The second kappa shape index (κ2) is 10.7. The van der Waals surface area contributed by atoms with Gasteiger partial charge in [0.1, 0.15) is 0 Å². The molecular weight excluding hydrogens is 388 g/mol. The quantitative estimate of drug-likeness (QED) is 0.366. The maximum atomic E-state index is 13.1. The van der Waals surface area contributed by atoms with Gasteiger partial charge in [-0.3, -0.25) is 4.79 Å². The van der Waals surface area contributed by atoms with E-state index < -0.39 is 11.9 Å². The molecule has 0 aliphatic carbocycles. The van der Waals surface area contributed by atoms with Gasteiger partial charge >= 0.3 is 5.97 Å². The van der Waals surface area contributed by atoms with Crippen molar-refractivity contribution < 1.29 is 14.7 Å². The van der Waals surface area contributed by atoms with Gasteiger partial charge < -0.3 is 15.7 Å². The molecule has 5 nitrogen and oxygen atoms in total. The standard InChI is InChI=1S/C26H24N2O3/c1-2-3-17-27-23-16-15-20(14-13-19-9-5-4-6-10-19)18-22(23)25(29)28-24-12-8-7-11-21(24)26(30)31/h4-12,15-16,18,27H,2-3,17H2,1H3,(H,28,29)(H,30,31). The summed E-state index contributed by atoms with van der Waals surface area (Å²) in [5, 5.41) is 15.4. The average Bonchev–Trinajstić information content (AvgIpc) is 2.79. The second-order valence-electron chi connectivity index (χ2n) is 6.96.